The molecule has 0 radical (unpaired) electrons. The summed E-state index contributed by atoms with van der Waals surface area (Å²) in [6, 6.07) is 6.02. The molecule has 0 N–H and O–H groups in total. The van der Waals surface area contributed by atoms with Crippen LogP contribution in [-0.2, 0) is 10.0 Å². The number of nitrogens with zero attached hydrogens (tertiary/aromatic N) is 2. The Kier molecular flexibility index (Phi) is 4.92. The van der Waals surface area contributed by atoms with Gasteiger partial charge in [-0.1, -0.05) is 36.0 Å². The van der Waals surface area contributed by atoms with E-state index < -0.39 is 10.0 Å². The fourth-order valence-corrected chi connectivity index (χ4v) is 4.79. The van der Waals surface area contributed by atoms with E-state index >= 15 is 0 Å². The maximum atomic E-state index is 12.7. The molecule has 0 heterocycles. The number of rotatable bonds is 4. The predicted molar refractivity (Wildman–Crippen MR) is 78.2 cm³/mol. The molecule has 0 atom stereocenters. The third-order valence-corrected chi connectivity index (χ3v) is 5.71. The van der Waals surface area contributed by atoms with Gasteiger partial charge in [0.2, 0.25) is 10.0 Å². The van der Waals surface area contributed by atoms with E-state index in [2.05, 4.69) is 0 Å². The Labute approximate surface area is 128 Å². The van der Waals surface area contributed by atoms with Gasteiger partial charge in [-0.25, -0.2) is 8.42 Å². The second-order valence-electron chi connectivity index (χ2n) is 4.75. The molecule has 20 heavy (non-hydrogen) atoms. The molecule has 1 aliphatic rings. The number of halogens is 2. The van der Waals surface area contributed by atoms with Crippen LogP contribution in [0.5, 0.6) is 0 Å². The lowest BCUT2D eigenvalue weighted by Crippen LogP contribution is -2.39. The van der Waals surface area contributed by atoms with E-state index in [0.29, 0.717) is 0 Å². The average molecular weight is 333 g/mol. The van der Waals surface area contributed by atoms with Crippen LogP contribution in [0.3, 0.4) is 0 Å². The Balaban J connectivity index is 2.42. The zero-order chi connectivity index (χ0) is 14.8. The van der Waals surface area contributed by atoms with Crippen molar-refractivity contribution in [3.63, 3.8) is 0 Å². The highest BCUT2D eigenvalue weighted by atomic mass is 35.5. The molecule has 2 rings (SSSR count). The summed E-state index contributed by atoms with van der Waals surface area (Å²) in [5, 5.41) is 9.43. The Bertz CT molecular complexity index is 614. The highest BCUT2D eigenvalue weighted by Gasteiger charge is 2.33. The minimum atomic E-state index is -3.75. The van der Waals surface area contributed by atoms with Crippen LogP contribution in [0.2, 0.25) is 10.0 Å². The van der Waals surface area contributed by atoms with Gasteiger partial charge in [0.25, 0.3) is 0 Å². The minimum Gasteiger partial charge on any atom is -0.207 e. The molecule has 0 spiro atoms. The molecule has 7 heteroatoms. The highest BCUT2D eigenvalue weighted by Crippen LogP contribution is 2.30. The molecule has 0 saturated heterocycles. The van der Waals surface area contributed by atoms with Crippen molar-refractivity contribution in [1.82, 2.24) is 4.31 Å². The maximum absolute atomic E-state index is 12.7. The van der Waals surface area contributed by atoms with Crippen molar-refractivity contribution in [2.75, 3.05) is 6.54 Å². The van der Waals surface area contributed by atoms with Crippen LogP contribution >= 0.6 is 23.2 Å². The molecule has 0 amide bonds. The fraction of sp³-hybridized carbons (Fsp3) is 0.462. The molecule has 1 aliphatic carbocycles. The van der Waals surface area contributed by atoms with E-state index in [9.17, 15) is 8.42 Å². The number of benzene rings is 1. The molecule has 108 valence electrons. The van der Waals surface area contributed by atoms with E-state index in [4.69, 9.17) is 28.5 Å². The van der Waals surface area contributed by atoms with Crippen LogP contribution in [-0.4, -0.2) is 25.3 Å². The van der Waals surface area contributed by atoms with Crippen molar-refractivity contribution >= 4 is 33.2 Å². The number of nitriles is 1. The Morgan fingerprint density at radius 3 is 2.25 bits per heavy atom. The van der Waals surface area contributed by atoms with Crippen molar-refractivity contribution in [2.45, 2.75) is 36.6 Å². The Morgan fingerprint density at radius 1 is 1.20 bits per heavy atom. The Morgan fingerprint density at radius 2 is 1.75 bits per heavy atom. The van der Waals surface area contributed by atoms with E-state index in [1.807, 2.05) is 6.07 Å². The quantitative estimate of drug-likeness (QED) is 0.793. The second kappa shape index (κ2) is 6.31. The van der Waals surface area contributed by atoms with Crippen molar-refractivity contribution in [3.8, 4) is 6.07 Å². The first kappa shape index (κ1) is 15.6. The smallest absolute Gasteiger partial charge is 0.207 e. The van der Waals surface area contributed by atoms with Crippen molar-refractivity contribution in [3.05, 3.63) is 28.2 Å². The third kappa shape index (κ3) is 3.26. The van der Waals surface area contributed by atoms with Crippen LogP contribution < -0.4 is 0 Å². The zero-order valence-corrected chi connectivity index (χ0v) is 13.0. The summed E-state index contributed by atoms with van der Waals surface area (Å²) >= 11 is 11.7. The first-order chi connectivity index (χ1) is 9.45. The zero-order valence-electron chi connectivity index (χ0n) is 10.7. The predicted octanol–water partition coefficient (Wildman–Crippen LogP) is 3.45. The largest absolute Gasteiger partial charge is 0.244 e. The van der Waals surface area contributed by atoms with Crippen LogP contribution in [0, 0.1) is 11.3 Å². The Hall–Kier alpha value is -0.800. The van der Waals surface area contributed by atoms with Gasteiger partial charge in [-0.2, -0.15) is 9.57 Å². The van der Waals surface area contributed by atoms with Crippen molar-refractivity contribution in [2.24, 2.45) is 0 Å². The molecule has 0 unspecified atom stereocenters. The summed E-state index contributed by atoms with van der Waals surface area (Å²) in [6.07, 6.45) is 3.54. The molecule has 1 fully saturated rings. The van der Waals surface area contributed by atoms with Gasteiger partial charge in [0, 0.05) is 16.1 Å². The standard InChI is InChI=1S/C13H14Cl2N2O2S/c14-10-7-11(15)9-13(8-10)20(18,19)17(6-5-16)12-3-1-2-4-12/h7-9,12H,1-4,6H2. The first-order valence-corrected chi connectivity index (χ1v) is 8.49. The van der Waals surface area contributed by atoms with Gasteiger partial charge in [-0.15, -0.1) is 0 Å². The molecule has 1 aromatic carbocycles. The topological polar surface area (TPSA) is 61.2 Å². The van der Waals surface area contributed by atoms with Crippen LogP contribution in [0.4, 0.5) is 0 Å². The summed E-state index contributed by atoms with van der Waals surface area (Å²) < 4.78 is 26.6. The number of hydrogen-bond donors (Lipinski definition) is 0. The molecular weight excluding hydrogens is 319 g/mol. The molecule has 0 aliphatic heterocycles. The van der Waals surface area contributed by atoms with Gasteiger partial charge in [0.05, 0.1) is 11.0 Å². The highest BCUT2D eigenvalue weighted by molar-refractivity contribution is 7.89. The van der Waals surface area contributed by atoms with Gasteiger partial charge < -0.3 is 0 Å². The van der Waals surface area contributed by atoms with E-state index in [0.717, 1.165) is 25.7 Å². The second-order valence-corrected chi connectivity index (χ2v) is 7.52. The third-order valence-electron chi connectivity index (χ3n) is 3.40. The SMILES string of the molecule is N#CCN(C1CCCC1)S(=O)(=O)c1cc(Cl)cc(Cl)c1. The van der Waals surface area contributed by atoms with Crippen LogP contribution in [0.25, 0.3) is 0 Å². The van der Waals surface area contributed by atoms with Crippen molar-refractivity contribution in [1.29, 1.82) is 5.26 Å². The van der Waals surface area contributed by atoms with Gasteiger partial charge >= 0.3 is 0 Å². The molecular formula is C13H14Cl2N2O2S. The van der Waals surface area contributed by atoms with Gasteiger partial charge in [0.1, 0.15) is 6.54 Å². The van der Waals surface area contributed by atoms with E-state index in [-0.39, 0.29) is 27.5 Å². The molecule has 4 nitrogen and oxygen atoms in total. The lowest BCUT2D eigenvalue weighted by molar-refractivity contribution is 0.350. The monoisotopic (exact) mass is 332 g/mol. The lowest BCUT2D eigenvalue weighted by atomic mass is 10.2. The normalized spacial score (nSPS) is 16.5. The first-order valence-electron chi connectivity index (χ1n) is 6.30. The van der Waals surface area contributed by atoms with Gasteiger partial charge in [-0.05, 0) is 31.0 Å². The summed E-state index contributed by atoms with van der Waals surface area (Å²) in [5.74, 6) is 0. The molecule has 1 saturated carbocycles. The maximum Gasteiger partial charge on any atom is 0.244 e. The summed E-state index contributed by atoms with van der Waals surface area (Å²) in [5.41, 5.74) is 0. The molecule has 0 bridgehead atoms. The van der Waals surface area contributed by atoms with Gasteiger partial charge in [0.15, 0.2) is 0 Å². The molecule has 1 aromatic rings. The van der Waals surface area contributed by atoms with E-state index in [1.165, 1.54) is 22.5 Å². The van der Waals surface area contributed by atoms with Gasteiger partial charge in [-0.3, -0.25) is 0 Å². The molecule has 0 aromatic heterocycles. The lowest BCUT2D eigenvalue weighted by Gasteiger charge is -2.25. The summed E-state index contributed by atoms with van der Waals surface area (Å²) in [6.45, 7) is -0.156. The fourth-order valence-electron chi connectivity index (χ4n) is 2.49. The van der Waals surface area contributed by atoms with Crippen molar-refractivity contribution < 1.29 is 8.42 Å². The van der Waals surface area contributed by atoms with E-state index in [1.54, 1.807) is 0 Å². The summed E-state index contributed by atoms with van der Waals surface area (Å²) in [4.78, 5) is 0.0390. The average Bonchev–Trinajstić information content (AvgIpc) is 2.88. The van der Waals surface area contributed by atoms with Crippen LogP contribution in [0.1, 0.15) is 25.7 Å². The van der Waals surface area contributed by atoms with Crippen LogP contribution in [0.15, 0.2) is 23.1 Å². The number of hydrogen-bond acceptors (Lipinski definition) is 3. The number of sulfonamides is 1. The minimum absolute atomic E-state index is 0.0390. The summed E-state index contributed by atoms with van der Waals surface area (Å²) in [7, 11) is -3.75.